The van der Waals surface area contributed by atoms with Crippen LogP contribution in [0.4, 0.5) is 0 Å². The Bertz CT molecular complexity index is 637. The van der Waals surface area contributed by atoms with Crippen molar-refractivity contribution < 1.29 is 0 Å². The molecule has 3 N–H and O–H groups in total. The molecule has 3 heterocycles. The zero-order valence-corrected chi connectivity index (χ0v) is 12.6. The predicted octanol–water partition coefficient (Wildman–Crippen LogP) is 2.41. The van der Waals surface area contributed by atoms with Gasteiger partial charge in [0.05, 0.1) is 11.7 Å². The van der Waals surface area contributed by atoms with E-state index >= 15 is 0 Å². The lowest BCUT2D eigenvalue weighted by Crippen LogP contribution is -2.30. The molecule has 0 radical (unpaired) electrons. The number of nitrogens with two attached hydrogens (primary N) is 1. The first kappa shape index (κ1) is 12.2. The van der Waals surface area contributed by atoms with Crippen LogP contribution in [-0.2, 0) is 7.05 Å². The summed E-state index contributed by atoms with van der Waals surface area (Å²) in [4.78, 5) is 1.16. The van der Waals surface area contributed by atoms with Gasteiger partial charge in [0.1, 0.15) is 0 Å². The van der Waals surface area contributed by atoms with E-state index in [0.29, 0.717) is 4.60 Å². The Labute approximate surface area is 120 Å². The van der Waals surface area contributed by atoms with Crippen LogP contribution in [0.1, 0.15) is 16.6 Å². The highest BCUT2D eigenvalue weighted by Gasteiger charge is 2.22. The Kier molecular flexibility index (Phi) is 3.20. The molecule has 1 unspecified atom stereocenters. The number of hydrogen-bond donors (Lipinski definition) is 2. The lowest BCUT2D eigenvalue weighted by Gasteiger charge is -2.14. The molecule has 0 amide bonds. The minimum Gasteiger partial charge on any atom is -0.270 e. The Morgan fingerprint density at radius 1 is 1.50 bits per heavy atom. The molecule has 0 aliphatic heterocycles. The maximum Gasteiger partial charge on any atom is 0.153 e. The second kappa shape index (κ2) is 4.71. The van der Waals surface area contributed by atoms with Gasteiger partial charge in [-0.3, -0.25) is 5.84 Å². The molecule has 0 aliphatic carbocycles. The van der Waals surface area contributed by atoms with Crippen molar-refractivity contribution in [3.05, 3.63) is 32.7 Å². The summed E-state index contributed by atoms with van der Waals surface area (Å²) in [6.07, 6.45) is 0. The van der Waals surface area contributed by atoms with E-state index in [2.05, 4.69) is 49.2 Å². The van der Waals surface area contributed by atoms with E-state index in [0.717, 1.165) is 10.6 Å². The lowest BCUT2D eigenvalue weighted by atomic mass is 10.2. The molecule has 8 heteroatoms. The van der Waals surface area contributed by atoms with Gasteiger partial charge in [-0.05, 0) is 33.4 Å². The Balaban J connectivity index is 2.10. The van der Waals surface area contributed by atoms with E-state index in [4.69, 9.17) is 5.84 Å². The molecule has 0 aliphatic rings. The summed E-state index contributed by atoms with van der Waals surface area (Å²) >= 11 is 6.87. The van der Waals surface area contributed by atoms with Crippen molar-refractivity contribution in [1.82, 2.24) is 20.4 Å². The number of rotatable bonds is 3. The summed E-state index contributed by atoms with van der Waals surface area (Å²) in [5.74, 6) is 5.69. The van der Waals surface area contributed by atoms with E-state index in [9.17, 15) is 0 Å². The minimum absolute atomic E-state index is 0.107. The second-order valence-corrected chi connectivity index (χ2v) is 6.60. The maximum atomic E-state index is 5.69. The molecule has 18 heavy (non-hydrogen) atoms. The Morgan fingerprint density at radius 3 is 2.94 bits per heavy atom. The van der Waals surface area contributed by atoms with E-state index in [1.54, 1.807) is 27.4 Å². The van der Waals surface area contributed by atoms with Gasteiger partial charge in [0, 0.05) is 21.3 Å². The minimum atomic E-state index is -0.107. The average Bonchev–Trinajstić information content (AvgIpc) is 2.99. The molecule has 1 atom stereocenters. The van der Waals surface area contributed by atoms with E-state index in [1.165, 1.54) is 9.40 Å². The van der Waals surface area contributed by atoms with Crippen molar-refractivity contribution in [2.75, 3.05) is 0 Å². The Morgan fingerprint density at radius 2 is 2.33 bits per heavy atom. The third-order valence-corrected chi connectivity index (χ3v) is 5.43. The number of fused-ring (bicyclic) bond motifs is 1. The number of halogens is 1. The van der Waals surface area contributed by atoms with Crippen LogP contribution in [0.15, 0.2) is 22.1 Å². The number of hydrazine groups is 1. The van der Waals surface area contributed by atoms with Gasteiger partial charge in [0.25, 0.3) is 0 Å². The third kappa shape index (κ3) is 1.90. The molecule has 94 valence electrons. The van der Waals surface area contributed by atoms with Gasteiger partial charge < -0.3 is 0 Å². The van der Waals surface area contributed by atoms with E-state index in [-0.39, 0.29) is 6.04 Å². The molecule has 0 fully saturated rings. The fourth-order valence-electron chi connectivity index (χ4n) is 1.87. The molecule has 3 rings (SSSR count). The smallest absolute Gasteiger partial charge is 0.153 e. The highest BCUT2D eigenvalue weighted by atomic mass is 79.9. The lowest BCUT2D eigenvalue weighted by molar-refractivity contribution is 0.575. The van der Waals surface area contributed by atoms with Crippen LogP contribution in [-0.4, -0.2) is 15.0 Å². The quantitative estimate of drug-likeness (QED) is 0.566. The molecule has 3 aromatic heterocycles. The van der Waals surface area contributed by atoms with Gasteiger partial charge >= 0.3 is 0 Å². The van der Waals surface area contributed by atoms with Crippen molar-refractivity contribution in [2.45, 2.75) is 6.04 Å². The fraction of sp³-hybridized carbons (Fsp3) is 0.200. The number of aromatic nitrogens is 3. The predicted molar refractivity (Wildman–Crippen MR) is 77.6 cm³/mol. The molecule has 5 nitrogen and oxygen atoms in total. The molecular formula is C10H10BrN5S2. The summed E-state index contributed by atoms with van der Waals surface area (Å²) in [5.41, 5.74) is 3.76. The van der Waals surface area contributed by atoms with Gasteiger partial charge in [-0.2, -0.15) is 0 Å². The number of aryl methyl sites for hydroxylation is 1. The molecule has 3 aromatic rings. The van der Waals surface area contributed by atoms with Gasteiger partial charge in [-0.1, -0.05) is 5.21 Å². The Hall–Kier alpha value is -0.800. The maximum absolute atomic E-state index is 5.69. The second-order valence-electron chi connectivity index (χ2n) is 3.79. The first-order chi connectivity index (χ1) is 8.70. The highest BCUT2D eigenvalue weighted by molar-refractivity contribution is 9.10. The van der Waals surface area contributed by atoms with Crippen molar-refractivity contribution >= 4 is 48.0 Å². The number of nitrogens with one attached hydrogen (secondary N) is 1. The summed E-state index contributed by atoms with van der Waals surface area (Å²) in [7, 11) is 1.85. The molecule has 0 bridgehead atoms. The molecule has 0 spiro atoms. The van der Waals surface area contributed by atoms with Crippen LogP contribution >= 0.6 is 38.6 Å². The first-order valence-electron chi connectivity index (χ1n) is 5.19. The SMILES string of the molecule is Cn1nnc(Br)c1C(NN)c1cc2sccc2s1. The van der Waals surface area contributed by atoms with Crippen LogP contribution in [0.3, 0.4) is 0 Å². The van der Waals surface area contributed by atoms with Crippen LogP contribution in [0.2, 0.25) is 0 Å². The molecule has 0 aromatic carbocycles. The average molecular weight is 344 g/mol. The van der Waals surface area contributed by atoms with E-state index in [1.807, 2.05) is 7.05 Å². The van der Waals surface area contributed by atoms with Gasteiger partial charge in [-0.15, -0.1) is 27.8 Å². The standard InChI is InChI=1S/C10H10BrN5S2/c1-16-9(10(11)14-15-16)8(13-12)7-4-6-5(18-7)2-3-17-6/h2-4,8,13H,12H2,1H3. The first-order valence-corrected chi connectivity index (χ1v) is 7.67. The molecule has 0 saturated carbocycles. The van der Waals surface area contributed by atoms with Crippen molar-refractivity contribution in [1.29, 1.82) is 0 Å². The summed E-state index contributed by atoms with van der Waals surface area (Å²) in [6, 6.07) is 4.18. The normalized spacial score (nSPS) is 13.3. The van der Waals surface area contributed by atoms with Crippen LogP contribution < -0.4 is 11.3 Å². The van der Waals surface area contributed by atoms with Gasteiger partial charge in [0.2, 0.25) is 0 Å². The van der Waals surface area contributed by atoms with Gasteiger partial charge in [-0.25, -0.2) is 10.1 Å². The zero-order chi connectivity index (χ0) is 12.7. The molecule has 0 saturated heterocycles. The number of hydrogen-bond acceptors (Lipinski definition) is 6. The summed E-state index contributed by atoms with van der Waals surface area (Å²) < 4.78 is 5.00. The molecular weight excluding hydrogens is 334 g/mol. The van der Waals surface area contributed by atoms with Crippen LogP contribution in [0.5, 0.6) is 0 Å². The number of nitrogens with zero attached hydrogens (tertiary/aromatic N) is 3. The number of thiophene rings is 2. The van der Waals surface area contributed by atoms with Crippen LogP contribution in [0.25, 0.3) is 9.40 Å². The zero-order valence-electron chi connectivity index (χ0n) is 9.42. The third-order valence-electron chi connectivity index (χ3n) is 2.71. The van der Waals surface area contributed by atoms with Crippen molar-refractivity contribution in [3.63, 3.8) is 0 Å². The van der Waals surface area contributed by atoms with E-state index < -0.39 is 0 Å². The monoisotopic (exact) mass is 343 g/mol. The summed E-state index contributed by atoms with van der Waals surface area (Å²) in [5, 5.41) is 10.1. The topological polar surface area (TPSA) is 68.8 Å². The van der Waals surface area contributed by atoms with Crippen molar-refractivity contribution in [2.24, 2.45) is 12.9 Å². The summed E-state index contributed by atoms with van der Waals surface area (Å²) in [6.45, 7) is 0. The van der Waals surface area contributed by atoms with Crippen molar-refractivity contribution in [3.8, 4) is 0 Å². The largest absolute Gasteiger partial charge is 0.270 e. The fourth-order valence-corrected chi connectivity index (χ4v) is 4.61. The van der Waals surface area contributed by atoms with Gasteiger partial charge in [0.15, 0.2) is 4.60 Å². The van der Waals surface area contributed by atoms with Crippen LogP contribution in [0, 0.1) is 0 Å². The highest BCUT2D eigenvalue weighted by Crippen LogP contribution is 2.36.